The molecule has 62 valence electrons. The van der Waals surface area contributed by atoms with E-state index in [4.69, 9.17) is 5.73 Å². The number of amides is 1. The molecule has 1 aliphatic heterocycles. The summed E-state index contributed by atoms with van der Waals surface area (Å²) in [5, 5.41) is 2.87. The third-order valence-electron chi connectivity index (χ3n) is 1.67. The lowest BCUT2D eigenvalue weighted by Crippen LogP contribution is -2.58. The Kier molecular flexibility index (Phi) is 2.62. The maximum absolute atomic E-state index is 11.2. The maximum Gasteiger partial charge on any atom is 0.254 e. The van der Waals surface area contributed by atoms with Crippen LogP contribution in [0, 0.1) is 0 Å². The monoisotopic (exact) mass is 155 g/mol. The molecule has 1 atom stereocenters. The van der Waals surface area contributed by atoms with Gasteiger partial charge in [-0.3, -0.25) is 10.1 Å². The second-order valence-corrected chi connectivity index (χ2v) is 2.50. The van der Waals surface area contributed by atoms with E-state index in [1.807, 2.05) is 0 Å². The summed E-state index contributed by atoms with van der Waals surface area (Å²) < 4.78 is 0. The number of nitrogens with zero attached hydrogens (tertiary/aromatic N) is 1. The van der Waals surface area contributed by atoms with Crippen LogP contribution in [-0.2, 0) is 4.79 Å². The molecule has 1 amide bonds. The Balaban J connectivity index is 2.51. The minimum Gasteiger partial charge on any atom is -0.335 e. The highest BCUT2D eigenvalue weighted by Crippen LogP contribution is 1.96. The summed E-state index contributed by atoms with van der Waals surface area (Å²) >= 11 is 0. The highest BCUT2D eigenvalue weighted by molar-refractivity contribution is 5.82. The highest BCUT2D eigenvalue weighted by Gasteiger charge is 2.23. The van der Waals surface area contributed by atoms with E-state index in [0.29, 0.717) is 6.54 Å². The lowest BCUT2D eigenvalue weighted by atomic mass is 10.3. The smallest absolute Gasteiger partial charge is 0.254 e. The molecule has 0 bridgehead atoms. The fraction of sp³-hybridized carbons (Fsp3) is 0.571. The van der Waals surface area contributed by atoms with Gasteiger partial charge in [0, 0.05) is 19.6 Å². The van der Waals surface area contributed by atoms with E-state index in [-0.39, 0.29) is 5.91 Å². The number of nitrogens with one attached hydrogen (secondary N) is 1. The van der Waals surface area contributed by atoms with Gasteiger partial charge in [-0.25, -0.2) is 0 Å². The van der Waals surface area contributed by atoms with E-state index in [1.165, 1.54) is 0 Å². The first-order valence-corrected chi connectivity index (χ1v) is 3.64. The van der Waals surface area contributed by atoms with Gasteiger partial charge in [-0.05, 0) is 0 Å². The minimum absolute atomic E-state index is 0.0452. The summed E-state index contributed by atoms with van der Waals surface area (Å²) in [5.41, 5.74) is 5.46. The molecular weight excluding hydrogens is 142 g/mol. The van der Waals surface area contributed by atoms with Gasteiger partial charge in [0.2, 0.25) is 0 Å². The summed E-state index contributed by atoms with van der Waals surface area (Å²) in [5.74, 6) is -0.0452. The first kappa shape index (κ1) is 8.23. The first-order valence-electron chi connectivity index (χ1n) is 3.64. The molecule has 0 aromatic rings. The van der Waals surface area contributed by atoms with E-state index >= 15 is 0 Å². The Hall–Kier alpha value is -0.870. The van der Waals surface area contributed by atoms with E-state index < -0.39 is 6.17 Å². The molecule has 0 radical (unpaired) electrons. The van der Waals surface area contributed by atoms with E-state index in [2.05, 4.69) is 11.9 Å². The van der Waals surface area contributed by atoms with Crippen LogP contribution in [0.15, 0.2) is 12.7 Å². The number of nitrogens with two attached hydrogens (primary N) is 1. The normalized spacial score (nSPS) is 25.4. The molecule has 0 aliphatic carbocycles. The van der Waals surface area contributed by atoms with Crippen molar-refractivity contribution in [3.8, 4) is 0 Å². The third-order valence-corrected chi connectivity index (χ3v) is 1.67. The molecule has 4 heteroatoms. The Morgan fingerprint density at radius 1 is 1.91 bits per heavy atom. The van der Waals surface area contributed by atoms with Crippen molar-refractivity contribution in [3.05, 3.63) is 12.7 Å². The lowest BCUT2D eigenvalue weighted by Gasteiger charge is -2.30. The third kappa shape index (κ3) is 1.78. The van der Waals surface area contributed by atoms with Gasteiger partial charge in [0.25, 0.3) is 5.91 Å². The Morgan fingerprint density at radius 3 is 3.27 bits per heavy atom. The van der Waals surface area contributed by atoms with Crippen LogP contribution in [-0.4, -0.2) is 36.6 Å². The maximum atomic E-state index is 11.2. The predicted octanol–water partition coefficient (Wildman–Crippen LogP) is -1.11. The van der Waals surface area contributed by atoms with Gasteiger partial charge < -0.3 is 10.6 Å². The largest absolute Gasteiger partial charge is 0.335 e. The molecule has 1 fully saturated rings. The standard InChI is InChI=1S/C7H13N3O/c1-2-4-10-5-3-9-6(8)7(10)11/h2,6,9H,1,3-5,8H2. The van der Waals surface area contributed by atoms with E-state index in [1.54, 1.807) is 11.0 Å². The summed E-state index contributed by atoms with van der Waals surface area (Å²) in [6, 6.07) is 0. The molecule has 1 rings (SSSR count). The van der Waals surface area contributed by atoms with Gasteiger partial charge in [0.05, 0.1) is 0 Å². The number of carbonyl (C=O) groups is 1. The average Bonchev–Trinajstić information content (AvgIpc) is 1.99. The molecule has 3 N–H and O–H groups in total. The van der Waals surface area contributed by atoms with Gasteiger partial charge >= 0.3 is 0 Å². The van der Waals surface area contributed by atoms with E-state index in [0.717, 1.165) is 13.1 Å². The molecule has 1 heterocycles. The molecule has 11 heavy (non-hydrogen) atoms. The van der Waals surface area contributed by atoms with Crippen LogP contribution >= 0.6 is 0 Å². The predicted molar refractivity (Wildman–Crippen MR) is 42.8 cm³/mol. The number of rotatable bonds is 2. The van der Waals surface area contributed by atoms with E-state index in [9.17, 15) is 4.79 Å². The van der Waals surface area contributed by atoms with Crippen LogP contribution in [0.1, 0.15) is 0 Å². The Labute approximate surface area is 66.0 Å². The van der Waals surface area contributed by atoms with Crippen molar-refractivity contribution >= 4 is 5.91 Å². The van der Waals surface area contributed by atoms with Gasteiger partial charge in [-0.2, -0.15) is 0 Å². The zero-order valence-corrected chi connectivity index (χ0v) is 6.42. The summed E-state index contributed by atoms with van der Waals surface area (Å²) in [7, 11) is 0. The van der Waals surface area contributed by atoms with Crippen LogP contribution in [0.5, 0.6) is 0 Å². The summed E-state index contributed by atoms with van der Waals surface area (Å²) in [4.78, 5) is 12.9. The van der Waals surface area contributed by atoms with Crippen LogP contribution in [0.25, 0.3) is 0 Å². The second kappa shape index (κ2) is 3.50. The molecule has 0 aromatic carbocycles. The van der Waals surface area contributed by atoms with Crippen LogP contribution in [0.3, 0.4) is 0 Å². The molecule has 0 aromatic heterocycles. The van der Waals surface area contributed by atoms with Gasteiger partial charge in [0.15, 0.2) is 0 Å². The molecule has 0 saturated carbocycles. The molecular formula is C7H13N3O. The first-order chi connectivity index (χ1) is 5.25. The average molecular weight is 155 g/mol. The van der Waals surface area contributed by atoms with Crippen molar-refractivity contribution in [2.45, 2.75) is 6.17 Å². The van der Waals surface area contributed by atoms with Crippen molar-refractivity contribution in [2.75, 3.05) is 19.6 Å². The molecule has 4 nitrogen and oxygen atoms in total. The van der Waals surface area contributed by atoms with Gasteiger partial charge in [-0.15, -0.1) is 6.58 Å². The van der Waals surface area contributed by atoms with Crippen LogP contribution < -0.4 is 11.1 Å². The number of hydrogen-bond donors (Lipinski definition) is 2. The van der Waals surface area contributed by atoms with Crippen molar-refractivity contribution in [1.29, 1.82) is 0 Å². The van der Waals surface area contributed by atoms with Crippen LogP contribution in [0.2, 0.25) is 0 Å². The summed E-state index contributed by atoms with van der Waals surface area (Å²) in [6.45, 7) is 5.64. The van der Waals surface area contributed by atoms with Gasteiger partial charge in [-0.1, -0.05) is 6.08 Å². The lowest BCUT2D eigenvalue weighted by molar-refractivity contribution is -0.134. The van der Waals surface area contributed by atoms with Crippen molar-refractivity contribution in [1.82, 2.24) is 10.2 Å². The zero-order valence-electron chi connectivity index (χ0n) is 6.42. The number of carbonyl (C=O) groups excluding carboxylic acids is 1. The molecule has 0 spiro atoms. The topological polar surface area (TPSA) is 58.4 Å². The molecule has 1 aliphatic rings. The SMILES string of the molecule is C=CCN1CCNC(N)C1=O. The minimum atomic E-state index is -0.524. The fourth-order valence-electron chi connectivity index (χ4n) is 1.09. The number of piperazine rings is 1. The van der Waals surface area contributed by atoms with Crippen molar-refractivity contribution in [2.24, 2.45) is 5.73 Å². The Morgan fingerprint density at radius 2 is 2.64 bits per heavy atom. The van der Waals surface area contributed by atoms with Crippen molar-refractivity contribution in [3.63, 3.8) is 0 Å². The van der Waals surface area contributed by atoms with Gasteiger partial charge in [0.1, 0.15) is 6.17 Å². The van der Waals surface area contributed by atoms with Crippen LogP contribution in [0.4, 0.5) is 0 Å². The molecule has 1 unspecified atom stereocenters. The number of hydrogen-bond acceptors (Lipinski definition) is 3. The highest BCUT2D eigenvalue weighted by atomic mass is 16.2. The Bertz CT molecular complexity index is 169. The molecule has 1 saturated heterocycles. The second-order valence-electron chi connectivity index (χ2n) is 2.50. The quantitative estimate of drug-likeness (QED) is 0.497. The fourth-order valence-corrected chi connectivity index (χ4v) is 1.09. The zero-order chi connectivity index (χ0) is 8.27. The van der Waals surface area contributed by atoms with Crippen molar-refractivity contribution < 1.29 is 4.79 Å². The summed E-state index contributed by atoms with van der Waals surface area (Å²) in [6.07, 6.45) is 1.18.